The largest absolute Gasteiger partial charge is 0.492 e. The summed E-state index contributed by atoms with van der Waals surface area (Å²) in [4.78, 5) is 12.2. The van der Waals surface area contributed by atoms with Gasteiger partial charge in [-0.1, -0.05) is 30.3 Å². The van der Waals surface area contributed by atoms with Crippen molar-refractivity contribution in [3.8, 4) is 5.75 Å². The second kappa shape index (κ2) is 7.69. The zero-order valence-electron chi connectivity index (χ0n) is 14.5. The molecule has 0 fully saturated rings. The number of ether oxygens (including phenoxy) is 1. The summed E-state index contributed by atoms with van der Waals surface area (Å²) in [5.41, 5.74) is 2.39. The first kappa shape index (κ1) is 19.4. The molecule has 27 heavy (non-hydrogen) atoms. The molecule has 1 unspecified atom stereocenters. The summed E-state index contributed by atoms with van der Waals surface area (Å²) >= 11 is 0. The normalized spacial score (nSPS) is 16.1. The maximum Gasteiger partial charge on any atom is 0.492 e. The Morgan fingerprint density at radius 2 is 2.00 bits per heavy atom. The van der Waals surface area contributed by atoms with E-state index in [4.69, 9.17) is 14.5 Å². The number of benzene rings is 2. The minimum Gasteiger partial charge on any atom is -0.461 e. The summed E-state index contributed by atoms with van der Waals surface area (Å²) in [6, 6.07) is 12.0. The van der Waals surface area contributed by atoms with Gasteiger partial charge in [0.2, 0.25) is 0 Å². The van der Waals surface area contributed by atoms with Crippen molar-refractivity contribution in [3.05, 3.63) is 59.2 Å². The third kappa shape index (κ3) is 4.86. The van der Waals surface area contributed by atoms with Gasteiger partial charge in [-0.05, 0) is 41.2 Å². The fraction of sp³-hybridized carbons (Fsp3) is 0.235. The Morgan fingerprint density at radius 3 is 2.67 bits per heavy atom. The molecule has 0 aliphatic carbocycles. The van der Waals surface area contributed by atoms with Gasteiger partial charge in [0.1, 0.15) is 12.4 Å². The Morgan fingerprint density at radius 1 is 1.30 bits per heavy atom. The molecule has 0 bridgehead atoms. The van der Waals surface area contributed by atoms with Crippen LogP contribution >= 0.6 is 0 Å². The number of esters is 1. The van der Waals surface area contributed by atoms with Crippen LogP contribution < -0.4 is 14.8 Å². The van der Waals surface area contributed by atoms with Crippen LogP contribution in [0.5, 0.6) is 5.75 Å². The van der Waals surface area contributed by atoms with E-state index in [9.17, 15) is 18.2 Å². The van der Waals surface area contributed by atoms with E-state index in [0.29, 0.717) is 16.6 Å². The number of fused-ring (bicyclic) bond motifs is 1. The number of nitrogens with two attached hydrogens (primary N) is 1. The minimum atomic E-state index is -4.19. The summed E-state index contributed by atoms with van der Waals surface area (Å²) in [6.07, 6.45) is -0.797. The third-order valence-corrected chi connectivity index (χ3v) is 4.51. The molecule has 10 heteroatoms. The Balaban J connectivity index is 1.72. The van der Waals surface area contributed by atoms with Crippen LogP contribution in [0, 0.1) is 6.92 Å². The first-order chi connectivity index (χ1) is 12.7. The van der Waals surface area contributed by atoms with Crippen LogP contribution in [0.4, 0.5) is 0 Å². The Hall–Kier alpha value is -2.40. The summed E-state index contributed by atoms with van der Waals surface area (Å²) in [7, 11) is -5.50. The summed E-state index contributed by atoms with van der Waals surface area (Å²) < 4.78 is 37.5. The lowest BCUT2D eigenvalue weighted by Crippen LogP contribution is -2.29. The smallest absolute Gasteiger partial charge is 0.461 e. The van der Waals surface area contributed by atoms with E-state index in [1.165, 1.54) is 12.1 Å². The predicted molar refractivity (Wildman–Crippen MR) is 97.2 cm³/mol. The fourth-order valence-electron chi connectivity index (χ4n) is 3.01. The average Bonchev–Trinajstić information content (AvgIpc) is 2.88. The molecule has 0 aromatic heterocycles. The predicted octanol–water partition coefficient (Wildman–Crippen LogP) is 0.470. The van der Waals surface area contributed by atoms with Crippen molar-refractivity contribution in [1.29, 1.82) is 0 Å². The van der Waals surface area contributed by atoms with Crippen LogP contribution in [-0.2, 0) is 31.1 Å². The highest BCUT2D eigenvalue weighted by molar-refractivity contribution is 7.84. The van der Waals surface area contributed by atoms with Crippen molar-refractivity contribution in [2.45, 2.75) is 26.1 Å². The van der Waals surface area contributed by atoms with E-state index in [0.717, 1.165) is 5.56 Å². The van der Waals surface area contributed by atoms with E-state index < -0.39 is 29.5 Å². The Kier molecular flexibility index (Phi) is 5.52. The summed E-state index contributed by atoms with van der Waals surface area (Å²) in [5, 5.41) is 15.0. The Labute approximate surface area is 157 Å². The topological polar surface area (TPSA) is 125 Å². The third-order valence-electron chi connectivity index (χ3n) is 4.08. The molecule has 0 saturated carbocycles. The van der Waals surface area contributed by atoms with Crippen LogP contribution in [0.15, 0.2) is 42.5 Å². The number of carbonyl (C=O) groups excluding carboxylic acids is 1. The molecular weight excluding hydrogens is 373 g/mol. The zero-order chi connectivity index (χ0) is 19.6. The standard InChI is InChI=1S/C17H18BNO7S/c1-11-7-13(26-27(19,22)23)8-14-17(11)15(25-18(14)21)9-16(20)24-10-12-5-3-2-4-6-12/h2-8,15,21H,9-10H2,1H3,(H2,19,22,23). The lowest BCUT2D eigenvalue weighted by molar-refractivity contribution is -0.146. The second-order valence-electron chi connectivity index (χ2n) is 6.15. The van der Waals surface area contributed by atoms with E-state index in [1.54, 1.807) is 6.92 Å². The first-order valence-electron chi connectivity index (χ1n) is 8.12. The van der Waals surface area contributed by atoms with Crippen LogP contribution in [0.1, 0.15) is 29.2 Å². The number of rotatable bonds is 6. The van der Waals surface area contributed by atoms with Crippen LogP contribution in [0.3, 0.4) is 0 Å². The highest BCUT2D eigenvalue weighted by atomic mass is 32.2. The van der Waals surface area contributed by atoms with Crippen molar-refractivity contribution < 1.29 is 31.8 Å². The Bertz CT molecular complexity index is 949. The highest BCUT2D eigenvalue weighted by Crippen LogP contribution is 2.32. The molecule has 3 N–H and O–H groups in total. The number of hydrogen-bond acceptors (Lipinski definition) is 7. The van der Waals surface area contributed by atoms with E-state index >= 15 is 0 Å². The quantitative estimate of drug-likeness (QED) is 0.542. The van der Waals surface area contributed by atoms with Gasteiger partial charge in [0.15, 0.2) is 0 Å². The molecule has 2 aromatic rings. The number of aryl methyl sites for hydroxylation is 1. The maximum atomic E-state index is 12.2. The molecule has 1 atom stereocenters. The number of hydrogen-bond donors (Lipinski definition) is 2. The van der Waals surface area contributed by atoms with Gasteiger partial charge in [0, 0.05) is 0 Å². The van der Waals surface area contributed by atoms with Gasteiger partial charge < -0.3 is 18.6 Å². The van der Waals surface area contributed by atoms with E-state index in [1.807, 2.05) is 30.3 Å². The fourth-order valence-corrected chi connectivity index (χ4v) is 3.38. The van der Waals surface area contributed by atoms with Crippen molar-refractivity contribution >= 4 is 28.9 Å². The molecule has 2 aromatic carbocycles. The lowest BCUT2D eigenvalue weighted by Gasteiger charge is -2.14. The zero-order valence-corrected chi connectivity index (χ0v) is 15.3. The molecule has 0 saturated heterocycles. The van der Waals surface area contributed by atoms with Gasteiger partial charge in [-0.3, -0.25) is 4.79 Å². The molecule has 0 spiro atoms. The van der Waals surface area contributed by atoms with Crippen LogP contribution in [-0.4, -0.2) is 26.5 Å². The van der Waals surface area contributed by atoms with Gasteiger partial charge in [0.05, 0.1) is 12.5 Å². The molecule has 1 aliphatic rings. The van der Waals surface area contributed by atoms with Gasteiger partial charge in [-0.2, -0.15) is 13.6 Å². The molecule has 142 valence electrons. The van der Waals surface area contributed by atoms with E-state index in [2.05, 4.69) is 4.18 Å². The minimum absolute atomic E-state index is 0.0382. The average molecular weight is 391 g/mol. The molecule has 0 radical (unpaired) electrons. The van der Waals surface area contributed by atoms with Gasteiger partial charge in [-0.15, -0.1) is 0 Å². The van der Waals surface area contributed by atoms with E-state index in [-0.39, 0.29) is 18.8 Å². The summed E-state index contributed by atoms with van der Waals surface area (Å²) in [6.45, 7) is 1.83. The first-order valence-corrected chi connectivity index (χ1v) is 9.60. The summed E-state index contributed by atoms with van der Waals surface area (Å²) in [5.74, 6) is -0.517. The maximum absolute atomic E-state index is 12.2. The molecule has 3 rings (SSSR count). The van der Waals surface area contributed by atoms with Crippen molar-refractivity contribution in [2.24, 2.45) is 5.14 Å². The molecular formula is C17H18BNO7S. The van der Waals surface area contributed by atoms with Crippen molar-refractivity contribution in [3.63, 3.8) is 0 Å². The monoisotopic (exact) mass is 391 g/mol. The second-order valence-corrected chi connectivity index (χ2v) is 7.30. The van der Waals surface area contributed by atoms with Gasteiger partial charge in [0.25, 0.3) is 0 Å². The SMILES string of the molecule is Cc1cc(OS(N)(=O)=O)cc2c1C(CC(=O)OCc1ccccc1)OB2O. The van der Waals surface area contributed by atoms with Gasteiger partial charge in [-0.25, -0.2) is 0 Å². The van der Waals surface area contributed by atoms with Crippen molar-refractivity contribution in [2.75, 3.05) is 0 Å². The molecule has 1 heterocycles. The molecule has 0 amide bonds. The van der Waals surface area contributed by atoms with Crippen molar-refractivity contribution in [1.82, 2.24) is 0 Å². The van der Waals surface area contributed by atoms with Crippen LogP contribution in [0.2, 0.25) is 0 Å². The number of carbonyl (C=O) groups is 1. The van der Waals surface area contributed by atoms with Crippen LogP contribution in [0.25, 0.3) is 0 Å². The highest BCUT2D eigenvalue weighted by Gasteiger charge is 2.38. The molecule has 1 aliphatic heterocycles. The van der Waals surface area contributed by atoms with Gasteiger partial charge >= 0.3 is 23.4 Å². The molecule has 8 nitrogen and oxygen atoms in total. The lowest BCUT2D eigenvalue weighted by atomic mass is 9.77.